The highest BCUT2D eigenvalue weighted by molar-refractivity contribution is 5.70. The second-order valence-electron chi connectivity index (χ2n) is 7.13. The number of carboxylic acids is 1. The minimum absolute atomic E-state index is 0.0516. The zero-order valence-corrected chi connectivity index (χ0v) is 15.4. The third-order valence-corrected chi connectivity index (χ3v) is 5.48. The summed E-state index contributed by atoms with van der Waals surface area (Å²) in [6, 6.07) is 7.89. The quantitative estimate of drug-likeness (QED) is 0.857. The lowest BCUT2D eigenvalue weighted by Gasteiger charge is -2.30. The number of hydrogen-bond acceptors (Lipinski definition) is 6. The van der Waals surface area contributed by atoms with Crippen molar-refractivity contribution >= 4 is 5.97 Å². The SMILES string of the molecule is COc1ccc(C2Cn3nnc(CN4CCC(C(=O)O)CC4)c3CO2)cc1. The van der Waals surface area contributed by atoms with Gasteiger partial charge in [0.15, 0.2) is 0 Å². The molecule has 1 fully saturated rings. The van der Waals surface area contributed by atoms with Crippen LogP contribution in [0.25, 0.3) is 0 Å². The number of carboxylic acid groups (broad SMARTS) is 1. The number of benzene rings is 1. The maximum Gasteiger partial charge on any atom is 0.306 e. The summed E-state index contributed by atoms with van der Waals surface area (Å²) in [6.45, 7) is 3.36. The van der Waals surface area contributed by atoms with Gasteiger partial charge in [0.1, 0.15) is 17.5 Å². The van der Waals surface area contributed by atoms with Gasteiger partial charge in [0, 0.05) is 6.54 Å². The molecule has 1 N–H and O–H groups in total. The normalized spacial score (nSPS) is 21.0. The van der Waals surface area contributed by atoms with Crippen LogP contribution in [0.4, 0.5) is 0 Å². The van der Waals surface area contributed by atoms with Crippen molar-refractivity contribution in [3.05, 3.63) is 41.2 Å². The fourth-order valence-corrected chi connectivity index (χ4v) is 3.76. The highest BCUT2D eigenvalue weighted by atomic mass is 16.5. The van der Waals surface area contributed by atoms with E-state index in [1.807, 2.05) is 28.9 Å². The molecular formula is C19H24N4O4. The number of aromatic nitrogens is 3. The van der Waals surface area contributed by atoms with Crippen LogP contribution in [0, 0.1) is 5.92 Å². The Hall–Kier alpha value is -2.45. The highest BCUT2D eigenvalue weighted by Gasteiger charge is 2.28. The molecule has 1 unspecified atom stereocenters. The molecule has 1 aromatic heterocycles. The van der Waals surface area contributed by atoms with Crippen molar-refractivity contribution in [1.29, 1.82) is 0 Å². The van der Waals surface area contributed by atoms with Gasteiger partial charge in [-0.15, -0.1) is 5.10 Å². The largest absolute Gasteiger partial charge is 0.497 e. The molecule has 1 atom stereocenters. The van der Waals surface area contributed by atoms with E-state index in [1.165, 1.54) is 0 Å². The number of rotatable bonds is 5. The summed E-state index contributed by atoms with van der Waals surface area (Å²) in [5, 5.41) is 17.8. The first-order valence-electron chi connectivity index (χ1n) is 9.26. The molecule has 8 nitrogen and oxygen atoms in total. The van der Waals surface area contributed by atoms with E-state index in [0.29, 0.717) is 32.5 Å². The lowest BCUT2D eigenvalue weighted by Crippen LogP contribution is -2.36. The van der Waals surface area contributed by atoms with Gasteiger partial charge < -0.3 is 14.6 Å². The van der Waals surface area contributed by atoms with E-state index in [1.54, 1.807) is 7.11 Å². The topological polar surface area (TPSA) is 89.7 Å². The number of nitrogens with zero attached hydrogens (tertiary/aromatic N) is 4. The summed E-state index contributed by atoms with van der Waals surface area (Å²) in [5.74, 6) is -0.0810. The van der Waals surface area contributed by atoms with Gasteiger partial charge in [0.25, 0.3) is 0 Å². The number of piperidine rings is 1. The smallest absolute Gasteiger partial charge is 0.306 e. The van der Waals surface area contributed by atoms with Gasteiger partial charge in [-0.05, 0) is 43.6 Å². The van der Waals surface area contributed by atoms with Gasteiger partial charge in [-0.25, -0.2) is 4.68 Å². The molecule has 0 bridgehead atoms. The van der Waals surface area contributed by atoms with Gasteiger partial charge in [-0.3, -0.25) is 9.69 Å². The van der Waals surface area contributed by atoms with Crippen molar-refractivity contribution in [3.8, 4) is 5.75 Å². The van der Waals surface area contributed by atoms with Crippen molar-refractivity contribution in [2.75, 3.05) is 20.2 Å². The summed E-state index contributed by atoms with van der Waals surface area (Å²) in [6.07, 6.45) is 1.33. The fourth-order valence-electron chi connectivity index (χ4n) is 3.76. The number of methoxy groups -OCH3 is 1. The number of carbonyl (C=O) groups is 1. The van der Waals surface area contributed by atoms with E-state index >= 15 is 0 Å². The molecule has 3 heterocycles. The molecule has 0 amide bonds. The predicted octanol–water partition coefficient (Wildman–Crippen LogP) is 1.85. The minimum Gasteiger partial charge on any atom is -0.497 e. The molecule has 27 heavy (non-hydrogen) atoms. The van der Waals surface area contributed by atoms with E-state index in [-0.39, 0.29) is 12.0 Å². The van der Waals surface area contributed by atoms with Crippen LogP contribution in [-0.4, -0.2) is 51.2 Å². The van der Waals surface area contributed by atoms with Gasteiger partial charge in [0.05, 0.1) is 31.9 Å². The molecule has 1 saturated heterocycles. The maximum absolute atomic E-state index is 11.1. The van der Waals surface area contributed by atoms with Crippen LogP contribution in [0.15, 0.2) is 24.3 Å². The van der Waals surface area contributed by atoms with E-state index in [4.69, 9.17) is 14.6 Å². The molecule has 144 valence electrons. The first-order valence-corrected chi connectivity index (χ1v) is 9.26. The van der Waals surface area contributed by atoms with E-state index in [0.717, 1.165) is 35.8 Å². The molecule has 2 aromatic rings. The predicted molar refractivity (Wildman–Crippen MR) is 96.2 cm³/mol. The van der Waals surface area contributed by atoms with Crippen LogP contribution in [0.1, 0.15) is 35.9 Å². The average molecular weight is 372 g/mol. The Morgan fingerprint density at radius 2 is 2.04 bits per heavy atom. The molecule has 0 aliphatic carbocycles. The van der Waals surface area contributed by atoms with Crippen LogP contribution >= 0.6 is 0 Å². The van der Waals surface area contributed by atoms with Gasteiger partial charge >= 0.3 is 5.97 Å². The number of ether oxygens (including phenoxy) is 2. The summed E-state index contributed by atoms with van der Waals surface area (Å²) in [4.78, 5) is 13.3. The Kier molecular flexibility index (Phi) is 5.09. The Morgan fingerprint density at radius 3 is 2.70 bits per heavy atom. The molecule has 2 aliphatic rings. The number of fused-ring (bicyclic) bond motifs is 1. The van der Waals surface area contributed by atoms with Crippen LogP contribution < -0.4 is 4.74 Å². The number of aliphatic carboxylic acids is 1. The highest BCUT2D eigenvalue weighted by Crippen LogP contribution is 2.29. The van der Waals surface area contributed by atoms with Crippen LogP contribution in [-0.2, 0) is 29.2 Å². The third-order valence-electron chi connectivity index (χ3n) is 5.48. The summed E-state index contributed by atoms with van der Waals surface area (Å²) >= 11 is 0. The van der Waals surface area contributed by atoms with Gasteiger partial charge in [-0.1, -0.05) is 17.3 Å². The summed E-state index contributed by atoms with van der Waals surface area (Å²) < 4.78 is 13.2. The van der Waals surface area contributed by atoms with Crippen LogP contribution in [0.3, 0.4) is 0 Å². The standard InChI is InChI=1S/C19H24N4O4/c1-26-15-4-2-13(3-5-15)18-11-23-17(12-27-18)16(20-21-23)10-22-8-6-14(7-9-22)19(24)25/h2-5,14,18H,6-12H2,1H3,(H,24,25). The second-order valence-corrected chi connectivity index (χ2v) is 7.13. The summed E-state index contributed by atoms with van der Waals surface area (Å²) in [5.41, 5.74) is 3.03. The fraction of sp³-hybridized carbons (Fsp3) is 0.526. The van der Waals surface area contributed by atoms with Crippen molar-refractivity contribution in [3.63, 3.8) is 0 Å². The Morgan fingerprint density at radius 1 is 1.30 bits per heavy atom. The molecule has 1 aromatic carbocycles. The van der Waals surface area contributed by atoms with Crippen molar-refractivity contribution in [1.82, 2.24) is 19.9 Å². The Balaban J connectivity index is 1.39. The van der Waals surface area contributed by atoms with E-state index < -0.39 is 5.97 Å². The molecule has 2 aliphatic heterocycles. The first kappa shape index (κ1) is 17.9. The van der Waals surface area contributed by atoms with Crippen LogP contribution in [0.5, 0.6) is 5.75 Å². The average Bonchev–Trinajstić information content (AvgIpc) is 3.10. The van der Waals surface area contributed by atoms with Gasteiger partial charge in [-0.2, -0.15) is 0 Å². The Labute approximate surface area is 157 Å². The lowest BCUT2D eigenvalue weighted by molar-refractivity contribution is -0.143. The zero-order chi connectivity index (χ0) is 18.8. The van der Waals surface area contributed by atoms with Gasteiger partial charge in [0.2, 0.25) is 0 Å². The molecule has 8 heteroatoms. The Bertz CT molecular complexity index is 797. The zero-order valence-electron chi connectivity index (χ0n) is 15.4. The number of likely N-dealkylation sites (tertiary alicyclic amines) is 1. The van der Waals surface area contributed by atoms with E-state index in [9.17, 15) is 4.79 Å². The minimum atomic E-state index is -0.686. The molecule has 0 spiro atoms. The van der Waals surface area contributed by atoms with Crippen molar-refractivity contribution < 1.29 is 19.4 Å². The first-order chi connectivity index (χ1) is 13.1. The number of hydrogen-bond donors (Lipinski definition) is 1. The van der Waals surface area contributed by atoms with E-state index in [2.05, 4.69) is 15.2 Å². The second kappa shape index (κ2) is 7.66. The molecule has 0 saturated carbocycles. The van der Waals surface area contributed by atoms with Crippen molar-refractivity contribution in [2.45, 2.75) is 38.6 Å². The molecular weight excluding hydrogens is 348 g/mol. The molecule has 0 radical (unpaired) electrons. The maximum atomic E-state index is 11.1. The summed E-state index contributed by atoms with van der Waals surface area (Å²) in [7, 11) is 1.65. The van der Waals surface area contributed by atoms with Crippen LogP contribution in [0.2, 0.25) is 0 Å². The molecule has 4 rings (SSSR count). The van der Waals surface area contributed by atoms with Crippen molar-refractivity contribution in [2.24, 2.45) is 5.92 Å². The third kappa shape index (κ3) is 3.81. The monoisotopic (exact) mass is 372 g/mol. The lowest BCUT2D eigenvalue weighted by atomic mass is 9.97.